The lowest BCUT2D eigenvalue weighted by Crippen LogP contribution is -1.98. The van der Waals surface area contributed by atoms with Crippen LogP contribution in [0.5, 0.6) is 0 Å². The molecule has 0 spiro atoms. The smallest absolute Gasteiger partial charge is 0.128 e. The van der Waals surface area contributed by atoms with Crippen molar-refractivity contribution in [2.24, 2.45) is 0 Å². The molecule has 1 aromatic heterocycles. The number of aryl methyl sites for hydroxylation is 1. The van der Waals surface area contributed by atoms with Gasteiger partial charge in [0, 0.05) is 32.5 Å². The Bertz CT molecular complexity index is 500. The molecule has 0 saturated heterocycles. The van der Waals surface area contributed by atoms with E-state index in [9.17, 15) is 8.78 Å². The van der Waals surface area contributed by atoms with E-state index in [0.717, 1.165) is 15.4 Å². The Balaban J connectivity index is 2.07. The third kappa shape index (κ3) is 3.26. The van der Waals surface area contributed by atoms with Gasteiger partial charge >= 0.3 is 0 Å². The van der Waals surface area contributed by atoms with E-state index in [-0.39, 0.29) is 0 Å². The first kappa shape index (κ1) is 12.5. The van der Waals surface area contributed by atoms with Gasteiger partial charge in [-0.25, -0.2) is 8.78 Å². The molecule has 0 amide bonds. The summed E-state index contributed by atoms with van der Waals surface area (Å²) in [4.78, 5) is 2.30. The van der Waals surface area contributed by atoms with Crippen molar-refractivity contribution in [3.05, 3.63) is 50.1 Å². The second kappa shape index (κ2) is 5.14. The van der Waals surface area contributed by atoms with Gasteiger partial charge in [0.25, 0.3) is 0 Å². The van der Waals surface area contributed by atoms with E-state index in [4.69, 9.17) is 0 Å². The highest BCUT2D eigenvalue weighted by molar-refractivity contribution is 9.10. The van der Waals surface area contributed by atoms with Crippen molar-refractivity contribution in [1.29, 1.82) is 0 Å². The second-order valence-corrected chi connectivity index (χ2v) is 5.82. The van der Waals surface area contributed by atoms with Crippen LogP contribution in [0.15, 0.2) is 28.7 Å². The van der Waals surface area contributed by atoms with Crippen molar-refractivity contribution in [2.75, 3.05) is 5.32 Å². The summed E-state index contributed by atoms with van der Waals surface area (Å²) in [5.74, 6) is -1.15. The Morgan fingerprint density at radius 2 is 1.82 bits per heavy atom. The molecule has 90 valence electrons. The molecule has 0 fully saturated rings. The van der Waals surface area contributed by atoms with Crippen molar-refractivity contribution in [2.45, 2.75) is 13.5 Å². The molecule has 17 heavy (non-hydrogen) atoms. The lowest BCUT2D eigenvalue weighted by Gasteiger charge is -2.04. The average molecular weight is 318 g/mol. The largest absolute Gasteiger partial charge is 0.380 e. The molecule has 2 aromatic rings. The van der Waals surface area contributed by atoms with Crippen LogP contribution in [0.1, 0.15) is 9.75 Å². The molecular weight excluding hydrogens is 308 g/mol. The molecule has 1 heterocycles. The highest BCUT2D eigenvalue weighted by Gasteiger charge is 2.04. The molecule has 5 heteroatoms. The third-order valence-electron chi connectivity index (χ3n) is 2.24. The molecule has 0 saturated carbocycles. The summed E-state index contributed by atoms with van der Waals surface area (Å²) in [7, 11) is 0. The van der Waals surface area contributed by atoms with Crippen LogP contribution in [0.4, 0.5) is 14.5 Å². The van der Waals surface area contributed by atoms with Crippen molar-refractivity contribution in [3.8, 4) is 0 Å². The van der Waals surface area contributed by atoms with Gasteiger partial charge < -0.3 is 5.32 Å². The number of nitrogens with one attached hydrogen (secondary N) is 1. The van der Waals surface area contributed by atoms with Gasteiger partial charge in [-0.15, -0.1) is 11.3 Å². The van der Waals surface area contributed by atoms with Gasteiger partial charge in [0.15, 0.2) is 0 Å². The maximum Gasteiger partial charge on any atom is 0.128 e. The van der Waals surface area contributed by atoms with Gasteiger partial charge in [-0.3, -0.25) is 0 Å². The molecule has 1 nitrogen and oxygen atoms in total. The van der Waals surface area contributed by atoms with Crippen LogP contribution in [0.25, 0.3) is 0 Å². The topological polar surface area (TPSA) is 12.0 Å². The lowest BCUT2D eigenvalue weighted by molar-refractivity contribution is 0.584. The molecule has 0 unspecified atom stereocenters. The number of hydrogen-bond donors (Lipinski definition) is 1. The minimum absolute atomic E-state index is 0.449. The first-order chi connectivity index (χ1) is 8.04. The molecule has 0 aliphatic heterocycles. The van der Waals surface area contributed by atoms with E-state index in [0.29, 0.717) is 12.2 Å². The Labute approximate surface area is 111 Å². The molecule has 1 N–H and O–H groups in total. The number of halogens is 3. The van der Waals surface area contributed by atoms with Gasteiger partial charge in [0.1, 0.15) is 11.6 Å². The molecular formula is C12H10BrF2NS. The van der Waals surface area contributed by atoms with Crippen molar-refractivity contribution in [1.82, 2.24) is 0 Å². The Morgan fingerprint density at radius 1 is 1.18 bits per heavy atom. The van der Waals surface area contributed by atoms with Crippen LogP contribution in [0.2, 0.25) is 0 Å². The summed E-state index contributed by atoms with van der Waals surface area (Å²) in [5.41, 5.74) is 0.449. The maximum absolute atomic E-state index is 12.9. The predicted molar refractivity (Wildman–Crippen MR) is 70.4 cm³/mol. The fourth-order valence-corrected chi connectivity index (χ4v) is 2.99. The standard InChI is InChI=1S/C12H10BrF2NS/c1-7-12(13)5-11(17-7)6-16-10-3-8(14)2-9(15)4-10/h2-5,16H,6H2,1H3. The van der Waals surface area contributed by atoms with Crippen molar-refractivity contribution >= 4 is 33.0 Å². The summed E-state index contributed by atoms with van der Waals surface area (Å²) in [6.07, 6.45) is 0. The van der Waals surface area contributed by atoms with E-state index in [1.165, 1.54) is 17.0 Å². The summed E-state index contributed by atoms with van der Waals surface area (Å²) in [6, 6.07) is 5.41. The van der Waals surface area contributed by atoms with Crippen molar-refractivity contribution < 1.29 is 8.78 Å². The van der Waals surface area contributed by atoms with Crippen LogP contribution < -0.4 is 5.32 Å². The van der Waals surface area contributed by atoms with Gasteiger partial charge in [-0.1, -0.05) is 0 Å². The zero-order chi connectivity index (χ0) is 12.4. The van der Waals surface area contributed by atoms with Crippen LogP contribution in [-0.2, 0) is 6.54 Å². The van der Waals surface area contributed by atoms with Crippen LogP contribution in [0.3, 0.4) is 0 Å². The number of hydrogen-bond acceptors (Lipinski definition) is 2. The molecule has 0 bridgehead atoms. The zero-order valence-electron chi connectivity index (χ0n) is 9.06. The van der Waals surface area contributed by atoms with Crippen LogP contribution in [-0.4, -0.2) is 0 Å². The third-order valence-corrected chi connectivity index (χ3v) is 4.37. The number of anilines is 1. The monoisotopic (exact) mass is 317 g/mol. The predicted octanol–water partition coefficient (Wildman–Crippen LogP) is 4.71. The highest BCUT2D eigenvalue weighted by atomic mass is 79.9. The van der Waals surface area contributed by atoms with Crippen LogP contribution in [0, 0.1) is 18.6 Å². The normalized spacial score (nSPS) is 10.6. The first-order valence-electron chi connectivity index (χ1n) is 4.99. The minimum atomic E-state index is -0.573. The lowest BCUT2D eigenvalue weighted by atomic mass is 10.3. The summed E-state index contributed by atoms with van der Waals surface area (Å²) >= 11 is 5.07. The first-order valence-corrected chi connectivity index (χ1v) is 6.60. The molecule has 0 aliphatic carbocycles. The number of rotatable bonds is 3. The highest BCUT2D eigenvalue weighted by Crippen LogP contribution is 2.27. The van der Waals surface area contributed by atoms with E-state index < -0.39 is 11.6 Å². The van der Waals surface area contributed by atoms with E-state index >= 15 is 0 Å². The maximum atomic E-state index is 12.9. The molecule has 0 radical (unpaired) electrons. The van der Waals surface area contributed by atoms with E-state index in [2.05, 4.69) is 21.2 Å². The SMILES string of the molecule is Cc1sc(CNc2cc(F)cc(F)c2)cc1Br. The Morgan fingerprint density at radius 3 is 2.35 bits per heavy atom. The van der Waals surface area contributed by atoms with E-state index in [1.807, 2.05) is 13.0 Å². The molecule has 2 rings (SSSR count). The second-order valence-electron chi connectivity index (χ2n) is 3.63. The Kier molecular flexibility index (Phi) is 3.79. The number of benzene rings is 1. The summed E-state index contributed by atoms with van der Waals surface area (Å²) in [5, 5.41) is 2.99. The van der Waals surface area contributed by atoms with Gasteiger partial charge in [0.05, 0.1) is 0 Å². The Hall–Kier alpha value is -0.940. The van der Waals surface area contributed by atoms with Gasteiger partial charge in [-0.05, 0) is 41.1 Å². The van der Waals surface area contributed by atoms with Gasteiger partial charge in [-0.2, -0.15) is 0 Å². The fourth-order valence-electron chi connectivity index (χ4n) is 1.45. The summed E-state index contributed by atoms with van der Waals surface area (Å²) in [6.45, 7) is 2.57. The minimum Gasteiger partial charge on any atom is -0.380 e. The molecule has 1 aromatic carbocycles. The van der Waals surface area contributed by atoms with E-state index in [1.54, 1.807) is 11.3 Å². The zero-order valence-corrected chi connectivity index (χ0v) is 11.5. The molecule has 0 aliphatic rings. The quantitative estimate of drug-likeness (QED) is 0.864. The average Bonchev–Trinajstić information content (AvgIpc) is 2.54. The number of thiophene rings is 1. The summed E-state index contributed by atoms with van der Waals surface area (Å²) < 4.78 is 26.9. The molecule has 0 atom stereocenters. The van der Waals surface area contributed by atoms with Crippen molar-refractivity contribution in [3.63, 3.8) is 0 Å². The van der Waals surface area contributed by atoms with Gasteiger partial charge in [0.2, 0.25) is 0 Å². The fraction of sp³-hybridized carbons (Fsp3) is 0.167. The van der Waals surface area contributed by atoms with Crippen LogP contribution >= 0.6 is 27.3 Å².